The fourth-order valence-electron chi connectivity index (χ4n) is 2.97. The van der Waals surface area contributed by atoms with Gasteiger partial charge in [0.25, 0.3) is 5.91 Å². The molecule has 3 aromatic carbocycles. The molecule has 1 amide bonds. The van der Waals surface area contributed by atoms with E-state index in [-0.39, 0.29) is 18.5 Å². The van der Waals surface area contributed by atoms with Crippen molar-refractivity contribution in [1.29, 1.82) is 10.5 Å². The molecule has 0 N–H and O–H groups in total. The summed E-state index contributed by atoms with van der Waals surface area (Å²) in [5.74, 6) is 0.263. The van der Waals surface area contributed by atoms with Gasteiger partial charge in [0.15, 0.2) is 0 Å². The van der Waals surface area contributed by atoms with Crippen molar-refractivity contribution in [3.05, 3.63) is 102 Å². The standard InChI is InChI=1S/C26H21N3O2/c27-16-7-17-29(24-10-5-2-6-11-24)26(30)23(19-28)18-21-12-14-25(15-13-21)31-20-22-8-3-1-4-9-22/h1-6,8-15,18H,7,17,20H2/b23-18+. The van der Waals surface area contributed by atoms with Gasteiger partial charge >= 0.3 is 0 Å². The Kier molecular flexibility index (Phi) is 7.58. The van der Waals surface area contributed by atoms with Crippen molar-refractivity contribution < 1.29 is 9.53 Å². The van der Waals surface area contributed by atoms with Crippen molar-refractivity contribution in [3.63, 3.8) is 0 Å². The normalized spacial score (nSPS) is 10.6. The molecule has 0 saturated carbocycles. The van der Waals surface area contributed by atoms with Gasteiger partial charge in [0.05, 0.1) is 12.5 Å². The summed E-state index contributed by atoms with van der Waals surface area (Å²) in [6, 6.07) is 30.1. The van der Waals surface area contributed by atoms with E-state index in [4.69, 9.17) is 10.00 Å². The Morgan fingerprint density at radius 3 is 2.16 bits per heavy atom. The van der Waals surface area contributed by atoms with E-state index in [0.29, 0.717) is 23.6 Å². The van der Waals surface area contributed by atoms with E-state index in [1.54, 1.807) is 42.5 Å². The van der Waals surface area contributed by atoms with E-state index in [1.807, 2.05) is 60.7 Å². The second-order valence-electron chi connectivity index (χ2n) is 6.71. The average molecular weight is 407 g/mol. The number of nitriles is 2. The first-order valence-electron chi connectivity index (χ1n) is 9.83. The lowest BCUT2D eigenvalue weighted by Crippen LogP contribution is -2.32. The van der Waals surface area contributed by atoms with Gasteiger partial charge in [0, 0.05) is 12.2 Å². The average Bonchev–Trinajstić information content (AvgIpc) is 2.83. The highest BCUT2D eigenvalue weighted by molar-refractivity contribution is 6.11. The molecule has 0 unspecified atom stereocenters. The van der Waals surface area contributed by atoms with Gasteiger partial charge in [0.2, 0.25) is 0 Å². The molecule has 0 aromatic heterocycles. The second kappa shape index (κ2) is 11.0. The molecule has 5 nitrogen and oxygen atoms in total. The maximum absolute atomic E-state index is 13.0. The number of carbonyl (C=O) groups excluding carboxylic acids is 1. The molecule has 0 radical (unpaired) electrons. The van der Waals surface area contributed by atoms with E-state index >= 15 is 0 Å². The Bertz CT molecular complexity index is 1110. The van der Waals surface area contributed by atoms with Crippen molar-refractivity contribution in [2.75, 3.05) is 11.4 Å². The van der Waals surface area contributed by atoms with Gasteiger partial charge in [-0.25, -0.2) is 0 Å². The van der Waals surface area contributed by atoms with Crippen molar-refractivity contribution in [1.82, 2.24) is 0 Å². The quantitative estimate of drug-likeness (QED) is 0.384. The van der Waals surface area contributed by atoms with Crippen molar-refractivity contribution in [3.8, 4) is 17.9 Å². The van der Waals surface area contributed by atoms with Crippen molar-refractivity contribution in [2.45, 2.75) is 13.0 Å². The van der Waals surface area contributed by atoms with E-state index in [9.17, 15) is 10.1 Å². The molecule has 0 aliphatic rings. The van der Waals surface area contributed by atoms with E-state index < -0.39 is 5.91 Å². The minimum absolute atomic E-state index is 0.000234. The SMILES string of the molecule is N#CCCN(C(=O)/C(C#N)=C/c1ccc(OCc2ccccc2)cc1)c1ccccc1. The predicted octanol–water partition coefficient (Wildman–Crippen LogP) is 5.12. The number of nitrogens with zero attached hydrogens (tertiary/aromatic N) is 3. The summed E-state index contributed by atoms with van der Waals surface area (Å²) in [7, 11) is 0. The van der Waals surface area contributed by atoms with Crippen LogP contribution in [0.25, 0.3) is 6.08 Å². The van der Waals surface area contributed by atoms with Gasteiger partial charge in [-0.1, -0.05) is 60.7 Å². The number of amides is 1. The number of ether oxygens (including phenoxy) is 1. The summed E-state index contributed by atoms with van der Waals surface area (Å²) < 4.78 is 5.77. The summed E-state index contributed by atoms with van der Waals surface area (Å²) in [6.45, 7) is 0.674. The Balaban J connectivity index is 1.74. The van der Waals surface area contributed by atoms with Crippen LogP contribution in [0.2, 0.25) is 0 Å². The fraction of sp³-hybridized carbons (Fsp3) is 0.115. The molecule has 5 heteroatoms. The summed E-state index contributed by atoms with van der Waals surface area (Å²) in [6.07, 6.45) is 1.72. The molecule has 0 bridgehead atoms. The highest BCUT2D eigenvalue weighted by atomic mass is 16.5. The molecular formula is C26H21N3O2. The monoisotopic (exact) mass is 407 g/mol. The first-order chi connectivity index (χ1) is 15.2. The zero-order valence-corrected chi connectivity index (χ0v) is 16.9. The molecule has 0 saturated heterocycles. The highest BCUT2D eigenvalue weighted by Gasteiger charge is 2.19. The molecule has 31 heavy (non-hydrogen) atoms. The number of carbonyl (C=O) groups is 1. The lowest BCUT2D eigenvalue weighted by Gasteiger charge is -2.21. The molecule has 0 spiro atoms. The molecule has 3 aromatic rings. The zero-order chi connectivity index (χ0) is 21.9. The van der Waals surface area contributed by atoms with Crippen LogP contribution in [0.1, 0.15) is 17.5 Å². The number of hydrogen-bond donors (Lipinski definition) is 0. The lowest BCUT2D eigenvalue weighted by molar-refractivity contribution is -0.114. The molecule has 0 aliphatic heterocycles. The third-order valence-corrected chi connectivity index (χ3v) is 4.55. The smallest absolute Gasteiger partial charge is 0.268 e. The van der Waals surface area contributed by atoms with Crippen LogP contribution in [0, 0.1) is 22.7 Å². The third kappa shape index (κ3) is 6.06. The topological polar surface area (TPSA) is 77.1 Å². The van der Waals surface area contributed by atoms with Crippen LogP contribution in [0.3, 0.4) is 0 Å². The van der Waals surface area contributed by atoms with Crippen LogP contribution in [-0.2, 0) is 11.4 Å². The Morgan fingerprint density at radius 1 is 0.903 bits per heavy atom. The van der Waals surface area contributed by atoms with Crippen molar-refractivity contribution in [2.24, 2.45) is 0 Å². The number of para-hydroxylation sites is 1. The Hall–Kier alpha value is -4.35. The van der Waals surface area contributed by atoms with Crippen molar-refractivity contribution >= 4 is 17.7 Å². The molecule has 0 heterocycles. The van der Waals surface area contributed by atoms with Crippen LogP contribution in [0.15, 0.2) is 90.5 Å². The molecule has 152 valence electrons. The second-order valence-corrected chi connectivity index (χ2v) is 6.71. The van der Waals surface area contributed by atoms with Crippen LogP contribution >= 0.6 is 0 Å². The number of hydrogen-bond acceptors (Lipinski definition) is 4. The van der Waals surface area contributed by atoms with E-state index in [1.165, 1.54) is 4.90 Å². The minimum Gasteiger partial charge on any atom is -0.489 e. The highest BCUT2D eigenvalue weighted by Crippen LogP contribution is 2.20. The van der Waals surface area contributed by atoms with Crippen LogP contribution in [0.4, 0.5) is 5.69 Å². The van der Waals surface area contributed by atoms with Crippen LogP contribution in [-0.4, -0.2) is 12.5 Å². The van der Waals surface area contributed by atoms with E-state index in [0.717, 1.165) is 5.56 Å². The Morgan fingerprint density at radius 2 is 1.55 bits per heavy atom. The summed E-state index contributed by atoms with van der Waals surface area (Å²) in [4.78, 5) is 14.5. The summed E-state index contributed by atoms with van der Waals surface area (Å²) >= 11 is 0. The van der Waals surface area contributed by atoms with Gasteiger partial charge in [0.1, 0.15) is 24.0 Å². The third-order valence-electron chi connectivity index (χ3n) is 4.55. The molecule has 0 atom stereocenters. The van der Waals surface area contributed by atoms with Gasteiger partial charge in [-0.05, 0) is 41.5 Å². The maximum atomic E-state index is 13.0. The zero-order valence-electron chi connectivity index (χ0n) is 16.9. The predicted molar refractivity (Wildman–Crippen MR) is 120 cm³/mol. The number of anilines is 1. The largest absolute Gasteiger partial charge is 0.489 e. The Labute approximate surface area is 182 Å². The maximum Gasteiger partial charge on any atom is 0.268 e. The van der Waals surface area contributed by atoms with Gasteiger partial charge in [-0.3, -0.25) is 4.79 Å². The van der Waals surface area contributed by atoms with Gasteiger partial charge < -0.3 is 9.64 Å². The number of benzene rings is 3. The van der Waals surface area contributed by atoms with Gasteiger partial charge in [-0.2, -0.15) is 10.5 Å². The molecule has 0 fully saturated rings. The molecular weight excluding hydrogens is 386 g/mol. The molecule has 3 rings (SSSR count). The lowest BCUT2D eigenvalue weighted by atomic mass is 10.1. The summed E-state index contributed by atoms with van der Waals surface area (Å²) in [5, 5.41) is 18.5. The first kappa shape index (κ1) is 21.4. The van der Waals surface area contributed by atoms with Gasteiger partial charge in [-0.15, -0.1) is 0 Å². The molecule has 0 aliphatic carbocycles. The van der Waals surface area contributed by atoms with E-state index in [2.05, 4.69) is 0 Å². The first-order valence-corrected chi connectivity index (χ1v) is 9.83. The number of rotatable bonds is 8. The van der Waals surface area contributed by atoms with Crippen LogP contribution < -0.4 is 9.64 Å². The fourth-order valence-corrected chi connectivity index (χ4v) is 2.97. The van der Waals surface area contributed by atoms with Crippen LogP contribution in [0.5, 0.6) is 5.75 Å². The minimum atomic E-state index is -0.437. The summed E-state index contributed by atoms with van der Waals surface area (Å²) in [5.41, 5.74) is 2.43.